The monoisotopic (exact) mass is 570 g/mol. The lowest BCUT2D eigenvalue weighted by Gasteiger charge is -2.32. The van der Waals surface area contributed by atoms with Gasteiger partial charge in [-0.05, 0) is 77.2 Å². The minimum atomic E-state index is 0.112. The van der Waals surface area contributed by atoms with Crippen LogP contribution in [0.4, 0.5) is 0 Å². The molecule has 1 amide bonds. The number of hydrogen-bond donors (Lipinski definition) is 0. The van der Waals surface area contributed by atoms with Crippen LogP contribution in [0.3, 0.4) is 0 Å². The second-order valence-corrected chi connectivity index (χ2v) is 11.2. The van der Waals surface area contributed by atoms with E-state index in [-0.39, 0.29) is 11.7 Å². The Kier molecular flexibility index (Phi) is 19.3. The molecular weight excluding hydrogens is 516 g/mol. The predicted molar refractivity (Wildman–Crippen MR) is 158 cm³/mol. The third kappa shape index (κ3) is 12.9. The topological polar surface area (TPSA) is 49.9 Å². The number of ether oxygens (including phenoxy) is 1. The molecule has 6 heteroatoms. The molecule has 0 saturated carbocycles. The van der Waals surface area contributed by atoms with Crippen LogP contribution < -0.4 is 0 Å². The van der Waals surface area contributed by atoms with Crippen molar-refractivity contribution in [3.63, 3.8) is 0 Å². The second kappa shape index (κ2) is 19.9. The number of likely N-dealkylation sites (N-methyl/N-ethyl adjacent to an activating group) is 1. The first-order chi connectivity index (χ1) is 17.1. The van der Waals surface area contributed by atoms with Gasteiger partial charge in [0.2, 0.25) is 5.91 Å². The fourth-order valence-electron chi connectivity index (χ4n) is 4.55. The van der Waals surface area contributed by atoms with Crippen molar-refractivity contribution in [1.29, 1.82) is 0 Å². The quantitative estimate of drug-likeness (QED) is 0.190. The average Bonchev–Trinajstić information content (AvgIpc) is 3.34. The number of amides is 1. The van der Waals surface area contributed by atoms with Crippen molar-refractivity contribution in [2.24, 2.45) is 5.92 Å². The average molecular weight is 572 g/mol. The van der Waals surface area contributed by atoms with E-state index in [1.54, 1.807) is 6.92 Å². The van der Waals surface area contributed by atoms with Crippen LogP contribution in [0, 0.1) is 5.92 Å². The zero-order valence-electron chi connectivity index (χ0n) is 24.8. The van der Waals surface area contributed by atoms with Crippen molar-refractivity contribution in [1.82, 2.24) is 9.80 Å². The van der Waals surface area contributed by atoms with Crippen LogP contribution in [-0.4, -0.2) is 65.7 Å². The van der Waals surface area contributed by atoms with Crippen LogP contribution in [0.5, 0.6) is 0 Å². The third-order valence-corrected chi connectivity index (χ3v) is 7.73. The van der Waals surface area contributed by atoms with Crippen LogP contribution in [0.15, 0.2) is 22.9 Å². The Balaban J connectivity index is 0.000000796. The summed E-state index contributed by atoms with van der Waals surface area (Å²) in [7, 11) is 1.98. The number of carbonyl (C=O) groups excluding carboxylic acids is 2. The highest BCUT2D eigenvalue weighted by molar-refractivity contribution is 9.09. The molecule has 2 rings (SSSR count). The van der Waals surface area contributed by atoms with Gasteiger partial charge in [-0.15, -0.1) is 0 Å². The number of ketones is 1. The molecule has 0 radical (unpaired) electrons. The Morgan fingerprint density at radius 1 is 1.17 bits per heavy atom. The highest BCUT2D eigenvalue weighted by Gasteiger charge is 2.26. The molecule has 0 aromatic carbocycles. The minimum Gasteiger partial charge on any atom is -0.378 e. The van der Waals surface area contributed by atoms with E-state index < -0.39 is 0 Å². The number of hydrogen-bond acceptors (Lipinski definition) is 4. The number of rotatable bonds is 11. The summed E-state index contributed by atoms with van der Waals surface area (Å²) >= 11 is 3.62. The van der Waals surface area contributed by atoms with E-state index in [9.17, 15) is 9.59 Å². The van der Waals surface area contributed by atoms with Crippen molar-refractivity contribution in [3.05, 3.63) is 22.9 Å². The standard InChI is InChI=1S/C18H27BrN2O2.C10H22O.C2H6/c1-4-15(13(2)22)16-6-5-7-17(16)20(3)12-18(23)21-10-8-14(19)9-11-21;1-5-7-9(3)8-11-10(4)6-2;1-2/h4,14H,5-12H2,1-3H3;9-10H,5-8H2,1-4H3;1-2H3/b15-4+;;. The molecule has 1 aliphatic carbocycles. The maximum Gasteiger partial charge on any atom is 0.242 e. The van der Waals surface area contributed by atoms with Gasteiger partial charge in [0.1, 0.15) is 0 Å². The highest BCUT2D eigenvalue weighted by atomic mass is 79.9. The van der Waals surface area contributed by atoms with E-state index in [1.807, 2.05) is 38.8 Å². The van der Waals surface area contributed by atoms with Crippen LogP contribution >= 0.6 is 15.9 Å². The number of alkyl halides is 1. The van der Waals surface area contributed by atoms with Crippen molar-refractivity contribution < 1.29 is 14.3 Å². The van der Waals surface area contributed by atoms with Crippen LogP contribution in [0.25, 0.3) is 0 Å². The predicted octanol–water partition coefficient (Wildman–Crippen LogP) is 7.54. The van der Waals surface area contributed by atoms with E-state index in [4.69, 9.17) is 4.74 Å². The fourth-order valence-corrected chi connectivity index (χ4v) is 4.96. The smallest absolute Gasteiger partial charge is 0.242 e. The lowest BCUT2D eigenvalue weighted by molar-refractivity contribution is -0.132. The van der Waals surface area contributed by atoms with Crippen LogP contribution in [-0.2, 0) is 14.3 Å². The first kappa shape index (κ1) is 34.9. The van der Waals surface area contributed by atoms with Crippen molar-refractivity contribution in [2.75, 3.05) is 33.3 Å². The van der Waals surface area contributed by atoms with E-state index in [0.717, 1.165) is 81.0 Å². The molecule has 1 aliphatic heterocycles. The molecule has 36 heavy (non-hydrogen) atoms. The molecular formula is C30H55BrN2O3. The van der Waals surface area contributed by atoms with Gasteiger partial charge in [-0.1, -0.05) is 63.0 Å². The number of nitrogens with zero attached hydrogens (tertiary/aromatic N) is 2. The lowest BCUT2D eigenvalue weighted by atomic mass is 10.0. The SMILES string of the molecule is C/C=C(\C(C)=O)C1=C(N(C)CC(=O)N2CCC(Br)CC2)CCC1.CC.CCCC(C)COC(C)CC. The summed E-state index contributed by atoms with van der Waals surface area (Å²) < 4.78 is 5.61. The molecule has 210 valence electrons. The maximum atomic E-state index is 12.5. The molecule has 2 aliphatic rings. The van der Waals surface area contributed by atoms with Gasteiger partial charge in [0.15, 0.2) is 5.78 Å². The minimum absolute atomic E-state index is 0.112. The number of allylic oxidation sites excluding steroid dienone is 4. The van der Waals surface area contributed by atoms with Gasteiger partial charge in [0.05, 0.1) is 12.6 Å². The molecule has 5 nitrogen and oxygen atoms in total. The molecule has 2 atom stereocenters. The Morgan fingerprint density at radius 2 is 1.78 bits per heavy atom. The first-order valence-corrected chi connectivity index (χ1v) is 15.2. The molecule has 0 N–H and O–H groups in total. The van der Waals surface area contributed by atoms with Crippen LogP contribution in [0.2, 0.25) is 0 Å². The van der Waals surface area contributed by atoms with Gasteiger partial charge < -0.3 is 14.5 Å². The van der Waals surface area contributed by atoms with Gasteiger partial charge in [-0.25, -0.2) is 0 Å². The lowest BCUT2D eigenvalue weighted by Crippen LogP contribution is -2.43. The molecule has 2 unspecified atom stereocenters. The highest BCUT2D eigenvalue weighted by Crippen LogP contribution is 2.33. The van der Waals surface area contributed by atoms with Gasteiger partial charge in [0.25, 0.3) is 0 Å². The normalized spacial score (nSPS) is 18.1. The molecule has 0 bridgehead atoms. The summed E-state index contributed by atoms with van der Waals surface area (Å²) in [6.45, 7) is 19.3. The Bertz CT molecular complexity index is 696. The summed E-state index contributed by atoms with van der Waals surface area (Å²) in [6.07, 6.45) is 11.0. The van der Waals surface area contributed by atoms with E-state index >= 15 is 0 Å². The number of piperidine rings is 1. The van der Waals surface area contributed by atoms with Crippen molar-refractivity contribution in [3.8, 4) is 0 Å². The zero-order valence-corrected chi connectivity index (χ0v) is 26.4. The molecule has 0 spiro atoms. The number of Topliss-reactive ketones (excluding diaryl/α,β-unsaturated/α-hetero) is 1. The zero-order chi connectivity index (χ0) is 27.7. The van der Waals surface area contributed by atoms with Crippen LogP contribution in [0.1, 0.15) is 107 Å². The summed E-state index contributed by atoms with van der Waals surface area (Å²) in [5, 5.41) is 0. The summed E-state index contributed by atoms with van der Waals surface area (Å²) in [6, 6.07) is 0. The molecule has 1 fully saturated rings. The Labute approximate surface area is 231 Å². The van der Waals surface area contributed by atoms with E-state index in [2.05, 4.69) is 48.5 Å². The van der Waals surface area contributed by atoms with Gasteiger partial charge >= 0.3 is 0 Å². The third-order valence-electron chi connectivity index (χ3n) is 6.81. The van der Waals surface area contributed by atoms with Gasteiger partial charge in [0, 0.05) is 42.8 Å². The fraction of sp³-hybridized carbons (Fsp3) is 0.800. The molecule has 0 aromatic rings. The Hall–Kier alpha value is -1.14. The molecule has 0 aromatic heterocycles. The van der Waals surface area contributed by atoms with E-state index in [1.165, 1.54) is 12.8 Å². The summed E-state index contributed by atoms with van der Waals surface area (Å²) in [5.74, 6) is 1.03. The largest absolute Gasteiger partial charge is 0.378 e. The Morgan fingerprint density at radius 3 is 2.28 bits per heavy atom. The molecule has 1 saturated heterocycles. The summed E-state index contributed by atoms with van der Waals surface area (Å²) in [4.78, 5) is 28.9. The first-order valence-electron chi connectivity index (χ1n) is 14.3. The second-order valence-electron chi connectivity index (χ2n) is 9.89. The number of likely N-dealkylation sites (tertiary alicyclic amines) is 1. The molecule has 1 heterocycles. The summed E-state index contributed by atoms with van der Waals surface area (Å²) in [5.41, 5.74) is 3.11. The number of halogens is 1. The van der Waals surface area contributed by atoms with Gasteiger partial charge in [-0.3, -0.25) is 9.59 Å². The van der Waals surface area contributed by atoms with Crippen molar-refractivity contribution >= 4 is 27.6 Å². The van der Waals surface area contributed by atoms with Crippen molar-refractivity contribution in [2.45, 2.75) is 118 Å². The number of carbonyl (C=O) groups is 2. The maximum absolute atomic E-state index is 12.5. The van der Waals surface area contributed by atoms with E-state index in [0.29, 0.717) is 17.5 Å². The van der Waals surface area contributed by atoms with Gasteiger partial charge in [-0.2, -0.15) is 0 Å².